The molecule has 3 nitrogen and oxygen atoms in total. The first-order chi connectivity index (χ1) is 7.20. The van der Waals surface area contributed by atoms with Crippen LogP contribution in [0.2, 0.25) is 0 Å². The quantitative estimate of drug-likeness (QED) is 0.213. The Morgan fingerprint density at radius 1 is 1.60 bits per heavy atom. The predicted molar refractivity (Wildman–Crippen MR) is 58.5 cm³/mol. The minimum atomic E-state index is -0.328. The summed E-state index contributed by atoms with van der Waals surface area (Å²) >= 11 is 0. The lowest BCUT2D eigenvalue weighted by Gasteiger charge is -1.99. The molecule has 0 amide bonds. The molecule has 0 aliphatic carbocycles. The molecular weight excluding hydrogens is 192 g/mol. The maximum atomic E-state index is 11.0. The highest BCUT2D eigenvalue weighted by atomic mass is 16.6. The standard InChI is InChI=1S/C12H18O3/c1-10(2)12(13)14-8-6-4-3-5-7-11-9-15-11/h4,6,11H,1,3,5,7-9H2,2H3/b6-4+. The molecule has 0 aromatic heterocycles. The van der Waals surface area contributed by atoms with E-state index in [0.717, 1.165) is 25.9 Å². The fourth-order valence-corrected chi connectivity index (χ4v) is 1.13. The lowest BCUT2D eigenvalue weighted by Crippen LogP contribution is -2.04. The SMILES string of the molecule is C=C(C)C(=O)OC/C=C/CCCC1CO1. The van der Waals surface area contributed by atoms with Crippen LogP contribution in [-0.4, -0.2) is 25.3 Å². The van der Waals surface area contributed by atoms with Crippen LogP contribution in [-0.2, 0) is 14.3 Å². The first kappa shape index (κ1) is 12.0. The molecule has 1 fully saturated rings. The van der Waals surface area contributed by atoms with Crippen LogP contribution in [0.3, 0.4) is 0 Å². The van der Waals surface area contributed by atoms with E-state index in [1.54, 1.807) is 6.92 Å². The van der Waals surface area contributed by atoms with Crippen molar-refractivity contribution in [1.82, 2.24) is 0 Å². The number of carbonyl (C=O) groups excluding carboxylic acids is 1. The number of carbonyl (C=O) groups is 1. The largest absolute Gasteiger partial charge is 0.458 e. The summed E-state index contributed by atoms with van der Waals surface area (Å²) < 4.78 is 9.98. The van der Waals surface area contributed by atoms with E-state index in [1.165, 1.54) is 0 Å². The van der Waals surface area contributed by atoms with Gasteiger partial charge in [0.2, 0.25) is 0 Å². The number of hydrogen-bond donors (Lipinski definition) is 0. The summed E-state index contributed by atoms with van der Waals surface area (Å²) in [5, 5.41) is 0. The number of epoxide rings is 1. The number of rotatable bonds is 7. The molecule has 0 spiro atoms. The van der Waals surface area contributed by atoms with Gasteiger partial charge in [-0.1, -0.05) is 18.7 Å². The Kier molecular flexibility index (Phi) is 5.12. The summed E-state index contributed by atoms with van der Waals surface area (Å²) in [7, 11) is 0. The van der Waals surface area contributed by atoms with Gasteiger partial charge in [0.15, 0.2) is 0 Å². The van der Waals surface area contributed by atoms with Crippen molar-refractivity contribution in [2.45, 2.75) is 32.3 Å². The van der Waals surface area contributed by atoms with E-state index in [0.29, 0.717) is 18.3 Å². The Bertz CT molecular complexity index is 252. The van der Waals surface area contributed by atoms with E-state index in [2.05, 4.69) is 6.58 Å². The lowest BCUT2D eigenvalue weighted by atomic mass is 10.2. The van der Waals surface area contributed by atoms with Gasteiger partial charge in [-0.25, -0.2) is 4.79 Å². The zero-order valence-corrected chi connectivity index (χ0v) is 9.20. The smallest absolute Gasteiger partial charge is 0.333 e. The zero-order chi connectivity index (χ0) is 11.1. The fraction of sp³-hybridized carbons (Fsp3) is 0.583. The minimum Gasteiger partial charge on any atom is -0.458 e. The van der Waals surface area contributed by atoms with Gasteiger partial charge in [0.1, 0.15) is 6.61 Å². The van der Waals surface area contributed by atoms with Crippen molar-refractivity contribution in [2.24, 2.45) is 0 Å². The molecule has 1 aliphatic rings. The maximum Gasteiger partial charge on any atom is 0.333 e. The topological polar surface area (TPSA) is 38.8 Å². The summed E-state index contributed by atoms with van der Waals surface area (Å²) in [5.74, 6) is -0.328. The van der Waals surface area contributed by atoms with Crippen LogP contribution in [0, 0.1) is 0 Å². The molecule has 1 heterocycles. The van der Waals surface area contributed by atoms with E-state index in [4.69, 9.17) is 9.47 Å². The molecular formula is C12H18O3. The number of hydrogen-bond acceptors (Lipinski definition) is 3. The van der Waals surface area contributed by atoms with Crippen molar-refractivity contribution in [3.05, 3.63) is 24.3 Å². The van der Waals surface area contributed by atoms with Gasteiger partial charge in [-0.2, -0.15) is 0 Å². The van der Waals surface area contributed by atoms with Gasteiger partial charge in [-0.05, 0) is 26.2 Å². The van der Waals surface area contributed by atoms with Crippen molar-refractivity contribution >= 4 is 5.97 Å². The van der Waals surface area contributed by atoms with Gasteiger partial charge in [-0.3, -0.25) is 0 Å². The monoisotopic (exact) mass is 210 g/mol. The second-order valence-corrected chi connectivity index (χ2v) is 3.74. The highest BCUT2D eigenvalue weighted by molar-refractivity contribution is 5.86. The van der Waals surface area contributed by atoms with E-state index in [9.17, 15) is 4.79 Å². The first-order valence-corrected chi connectivity index (χ1v) is 5.29. The van der Waals surface area contributed by atoms with Crippen LogP contribution in [0.25, 0.3) is 0 Å². The minimum absolute atomic E-state index is 0.328. The average molecular weight is 210 g/mol. The van der Waals surface area contributed by atoms with E-state index in [-0.39, 0.29) is 5.97 Å². The molecule has 1 rings (SSSR count). The lowest BCUT2D eigenvalue weighted by molar-refractivity contribution is -0.137. The van der Waals surface area contributed by atoms with Crippen LogP contribution >= 0.6 is 0 Å². The average Bonchev–Trinajstić information content (AvgIpc) is 2.99. The van der Waals surface area contributed by atoms with Crippen LogP contribution in [0.5, 0.6) is 0 Å². The van der Waals surface area contributed by atoms with Gasteiger partial charge in [0.05, 0.1) is 12.7 Å². The van der Waals surface area contributed by atoms with Crippen molar-refractivity contribution in [2.75, 3.05) is 13.2 Å². The second kappa shape index (κ2) is 6.40. The van der Waals surface area contributed by atoms with Crippen LogP contribution in [0.1, 0.15) is 26.2 Å². The Morgan fingerprint density at radius 3 is 2.93 bits per heavy atom. The Hall–Kier alpha value is -1.09. The first-order valence-electron chi connectivity index (χ1n) is 5.29. The molecule has 1 aliphatic heterocycles. The van der Waals surface area contributed by atoms with Crippen LogP contribution < -0.4 is 0 Å². The molecule has 1 saturated heterocycles. The summed E-state index contributed by atoms with van der Waals surface area (Å²) in [6.45, 7) is 6.41. The molecule has 0 aromatic rings. The van der Waals surface area contributed by atoms with Crippen molar-refractivity contribution < 1.29 is 14.3 Å². The van der Waals surface area contributed by atoms with Gasteiger partial charge < -0.3 is 9.47 Å². The van der Waals surface area contributed by atoms with E-state index in [1.807, 2.05) is 12.2 Å². The third kappa shape index (κ3) is 6.07. The molecule has 0 N–H and O–H groups in total. The van der Waals surface area contributed by atoms with Crippen LogP contribution in [0.4, 0.5) is 0 Å². The third-order valence-electron chi connectivity index (χ3n) is 2.13. The highest BCUT2D eigenvalue weighted by Crippen LogP contribution is 2.16. The maximum absolute atomic E-state index is 11.0. The number of esters is 1. The Labute approximate surface area is 90.8 Å². The molecule has 15 heavy (non-hydrogen) atoms. The summed E-state index contributed by atoms with van der Waals surface area (Å²) in [6, 6.07) is 0. The molecule has 0 aromatic carbocycles. The summed E-state index contributed by atoms with van der Waals surface area (Å²) in [5.41, 5.74) is 0.439. The van der Waals surface area contributed by atoms with Crippen molar-refractivity contribution in [1.29, 1.82) is 0 Å². The van der Waals surface area contributed by atoms with E-state index < -0.39 is 0 Å². The number of allylic oxidation sites excluding steroid dienone is 1. The van der Waals surface area contributed by atoms with Gasteiger partial charge in [-0.15, -0.1) is 0 Å². The van der Waals surface area contributed by atoms with Crippen molar-refractivity contribution in [3.8, 4) is 0 Å². The molecule has 0 bridgehead atoms. The molecule has 0 radical (unpaired) electrons. The third-order valence-corrected chi connectivity index (χ3v) is 2.13. The molecule has 1 atom stereocenters. The molecule has 1 unspecified atom stereocenters. The van der Waals surface area contributed by atoms with Gasteiger partial charge in [0, 0.05) is 5.57 Å². The summed E-state index contributed by atoms with van der Waals surface area (Å²) in [6.07, 6.45) is 7.71. The Morgan fingerprint density at radius 2 is 2.33 bits per heavy atom. The second-order valence-electron chi connectivity index (χ2n) is 3.74. The normalized spacial score (nSPS) is 19.1. The van der Waals surface area contributed by atoms with Crippen LogP contribution in [0.15, 0.2) is 24.3 Å². The highest BCUT2D eigenvalue weighted by Gasteiger charge is 2.20. The summed E-state index contributed by atoms with van der Waals surface area (Å²) in [4.78, 5) is 11.0. The molecule has 3 heteroatoms. The zero-order valence-electron chi connectivity index (χ0n) is 9.20. The molecule has 0 saturated carbocycles. The number of unbranched alkanes of at least 4 members (excludes halogenated alkanes) is 1. The van der Waals surface area contributed by atoms with Gasteiger partial charge in [0.25, 0.3) is 0 Å². The van der Waals surface area contributed by atoms with Crippen molar-refractivity contribution in [3.63, 3.8) is 0 Å². The van der Waals surface area contributed by atoms with E-state index >= 15 is 0 Å². The number of ether oxygens (including phenoxy) is 2. The predicted octanol–water partition coefficient (Wildman–Crippen LogP) is 2.23. The van der Waals surface area contributed by atoms with Gasteiger partial charge >= 0.3 is 5.97 Å². The molecule has 84 valence electrons. The fourth-order valence-electron chi connectivity index (χ4n) is 1.13. The Balaban J connectivity index is 1.91.